The van der Waals surface area contributed by atoms with E-state index in [0.717, 1.165) is 17.7 Å². The van der Waals surface area contributed by atoms with Crippen molar-refractivity contribution in [1.82, 2.24) is 5.32 Å². The van der Waals surface area contributed by atoms with Gasteiger partial charge in [-0.1, -0.05) is 13.0 Å². The SMILES string of the molecule is CCc1sc(C(=O)NCCc2cccs2)cc1C. The van der Waals surface area contributed by atoms with Crippen molar-refractivity contribution in [3.8, 4) is 0 Å². The van der Waals surface area contributed by atoms with E-state index in [1.54, 1.807) is 22.7 Å². The van der Waals surface area contributed by atoms with E-state index in [4.69, 9.17) is 0 Å². The minimum Gasteiger partial charge on any atom is -0.351 e. The number of carbonyl (C=O) groups is 1. The van der Waals surface area contributed by atoms with Crippen LogP contribution in [0.15, 0.2) is 23.6 Å². The molecule has 0 fully saturated rings. The molecule has 96 valence electrons. The van der Waals surface area contributed by atoms with E-state index < -0.39 is 0 Å². The molecule has 0 bridgehead atoms. The number of hydrogen-bond acceptors (Lipinski definition) is 3. The van der Waals surface area contributed by atoms with Crippen LogP contribution in [0.4, 0.5) is 0 Å². The lowest BCUT2D eigenvalue weighted by Gasteiger charge is -2.01. The number of amides is 1. The van der Waals surface area contributed by atoms with Gasteiger partial charge in [0.25, 0.3) is 5.91 Å². The van der Waals surface area contributed by atoms with Gasteiger partial charge in [0.05, 0.1) is 4.88 Å². The van der Waals surface area contributed by atoms with Crippen molar-refractivity contribution in [3.63, 3.8) is 0 Å². The fourth-order valence-corrected chi connectivity index (χ4v) is 3.56. The first kappa shape index (κ1) is 13.3. The van der Waals surface area contributed by atoms with Gasteiger partial charge in [-0.05, 0) is 42.8 Å². The molecule has 18 heavy (non-hydrogen) atoms. The molecule has 0 atom stereocenters. The maximum absolute atomic E-state index is 12.0. The predicted octanol–water partition coefficient (Wildman–Crippen LogP) is 3.65. The summed E-state index contributed by atoms with van der Waals surface area (Å²) in [5.74, 6) is 0.0550. The largest absolute Gasteiger partial charge is 0.351 e. The Bertz CT molecular complexity index is 514. The molecule has 2 aromatic heterocycles. The molecule has 2 nitrogen and oxygen atoms in total. The molecule has 0 spiro atoms. The normalized spacial score (nSPS) is 10.6. The Hall–Kier alpha value is -1.13. The van der Waals surface area contributed by atoms with E-state index in [1.807, 2.05) is 12.1 Å². The highest BCUT2D eigenvalue weighted by atomic mass is 32.1. The van der Waals surface area contributed by atoms with Crippen LogP contribution >= 0.6 is 22.7 Å². The van der Waals surface area contributed by atoms with Crippen LogP contribution in [0.5, 0.6) is 0 Å². The van der Waals surface area contributed by atoms with Gasteiger partial charge in [0, 0.05) is 16.3 Å². The standard InChI is InChI=1S/C14H17NOS2/c1-3-12-10(2)9-13(18-12)14(16)15-7-6-11-5-4-8-17-11/h4-5,8-9H,3,6-7H2,1-2H3,(H,15,16). The average molecular weight is 279 g/mol. The van der Waals surface area contributed by atoms with Crippen LogP contribution in [-0.2, 0) is 12.8 Å². The Kier molecular flexibility index (Phi) is 4.55. The summed E-state index contributed by atoms with van der Waals surface area (Å²) in [6, 6.07) is 6.13. The number of hydrogen-bond donors (Lipinski definition) is 1. The van der Waals surface area contributed by atoms with Crippen LogP contribution in [0, 0.1) is 6.92 Å². The van der Waals surface area contributed by atoms with Gasteiger partial charge < -0.3 is 5.32 Å². The number of aryl methyl sites for hydroxylation is 2. The monoisotopic (exact) mass is 279 g/mol. The minimum absolute atomic E-state index is 0.0550. The third kappa shape index (κ3) is 3.21. The highest BCUT2D eigenvalue weighted by Crippen LogP contribution is 2.22. The molecule has 0 radical (unpaired) electrons. The van der Waals surface area contributed by atoms with Crippen molar-refractivity contribution >= 4 is 28.6 Å². The summed E-state index contributed by atoms with van der Waals surface area (Å²) >= 11 is 3.34. The van der Waals surface area contributed by atoms with Crippen molar-refractivity contribution < 1.29 is 4.79 Å². The number of rotatable bonds is 5. The molecule has 4 heteroatoms. The molecule has 2 heterocycles. The minimum atomic E-state index is 0.0550. The van der Waals surface area contributed by atoms with Gasteiger partial charge in [0.2, 0.25) is 0 Å². The summed E-state index contributed by atoms with van der Waals surface area (Å²) in [7, 11) is 0. The van der Waals surface area contributed by atoms with Gasteiger partial charge >= 0.3 is 0 Å². The third-order valence-electron chi connectivity index (χ3n) is 2.80. The maximum Gasteiger partial charge on any atom is 0.261 e. The first-order chi connectivity index (χ1) is 8.70. The van der Waals surface area contributed by atoms with Crippen LogP contribution in [0.3, 0.4) is 0 Å². The van der Waals surface area contributed by atoms with Gasteiger partial charge in [-0.2, -0.15) is 0 Å². The summed E-state index contributed by atoms with van der Waals surface area (Å²) in [6.07, 6.45) is 1.91. The Balaban J connectivity index is 1.87. The van der Waals surface area contributed by atoms with Crippen molar-refractivity contribution in [2.24, 2.45) is 0 Å². The lowest BCUT2D eigenvalue weighted by molar-refractivity contribution is 0.0958. The molecule has 0 aliphatic heterocycles. The Morgan fingerprint density at radius 1 is 1.44 bits per heavy atom. The van der Waals surface area contributed by atoms with E-state index >= 15 is 0 Å². The Labute approximate surface area is 116 Å². The molecule has 0 saturated heterocycles. The van der Waals surface area contributed by atoms with E-state index in [2.05, 4.69) is 30.6 Å². The summed E-state index contributed by atoms with van der Waals surface area (Å²) in [5.41, 5.74) is 1.23. The predicted molar refractivity (Wildman–Crippen MR) is 78.8 cm³/mol. The van der Waals surface area contributed by atoms with Crippen LogP contribution < -0.4 is 5.32 Å². The van der Waals surface area contributed by atoms with E-state index in [9.17, 15) is 4.79 Å². The molecule has 2 aromatic rings. The fourth-order valence-electron chi connectivity index (χ4n) is 1.82. The van der Waals surface area contributed by atoms with E-state index in [-0.39, 0.29) is 5.91 Å². The zero-order chi connectivity index (χ0) is 13.0. The summed E-state index contributed by atoms with van der Waals surface area (Å²) in [4.78, 5) is 15.4. The molecule has 0 aromatic carbocycles. The van der Waals surface area contributed by atoms with Crippen LogP contribution in [0.25, 0.3) is 0 Å². The molecule has 0 aliphatic carbocycles. The second-order valence-electron chi connectivity index (χ2n) is 4.16. The van der Waals surface area contributed by atoms with Crippen LogP contribution in [-0.4, -0.2) is 12.5 Å². The lowest BCUT2D eigenvalue weighted by Crippen LogP contribution is -2.24. The Morgan fingerprint density at radius 2 is 2.28 bits per heavy atom. The number of thiophene rings is 2. The second kappa shape index (κ2) is 6.16. The molecule has 0 saturated carbocycles. The molecule has 2 rings (SSSR count). The van der Waals surface area contributed by atoms with Crippen LogP contribution in [0.2, 0.25) is 0 Å². The smallest absolute Gasteiger partial charge is 0.261 e. The summed E-state index contributed by atoms with van der Waals surface area (Å²) < 4.78 is 0. The highest BCUT2D eigenvalue weighted by molar-refractivity contribution is 7.14. The van der Waals surface area contributed by atoms with Crippen molar-refractivity contribution in [2.45, 2.75) is 26.7 Å². The van der Waals surface area contributed by atoms with E-state index in [0.29, 0.717) is 6.54 Å². The Morgan fingerprint density at radius 3 is 2.89 bits per heavy atom. The average Bonchev–Trinajstić information content (AvgIpc) is 2.98. The van der Waals surface area contributed by atoms with Gasteiger partial charge in [0.1, 0.15) is 0 Å². The van der Waals surface area contributed by atoms with Crippen molar-refractivity contribution in [3.05, 3.63) is 43.8 Å². The summed E-state index contributed by atoms with van der Waals surface area (Å²) in [6.45, 7) is 4.90. The second-order valence-corrected chi connectivity index (χ2v) is 6.32. The maximum atomic E-state index is 12.0. The van der Waals surface area contributed by atoms with Gasteiger partial charge in [-0.3, -0.25) is 4.79 Å². The zero-order valence-corrected chi connectivity index (χ0v) is 12.3. The third-order valence-corrected chi connectivity index (χ3v) is 5.12. The van der Waals surface area contributed by atoms with Gasteiger partial charge in [0.15, 0.2) is 0 Å². The summed E-state index contributed by atoms with van der Waals surface area (Å²) in [5, 5.41) is 5.04. The number of carbonyl (C=O) groups excluding carboxylic acids is 1. The van der Waals surface area contributed by atoms with Crippen molar-refractivity contribution in [1.29, 1.82) is 0 Å². The molecular formula is C14H17NOS2. The first-order valence-electron chi connectivity index (χ1n) is 6.10. The van der Waals surface area contributed by atoms with Gasteiger partial charge in [-0.15, -0.1) is 22.7 Å². The molecule has 0 aliphatic rings. The topological polar surface area (TPSA) is 29.1 Å². The highest BCUT2D eigenvalue weighted by Gasteiger charge is 2.10. The lowest BCUT2D eigenvalue weighted by atomic mass is 10.2. The first-order valence-corrected chi connectivity index (χ1v) is 7.80. The molecule has 1 N–H and O–H groups in total. The molecule has 1 amide bonds. The molecular weight excluding hydrogens is 262 g/mol. The van der Waals surface area contributed by atoms with Crippen LogP contribution in [0.1, 0.15) is 31.9 Å². The van der Waals surface area contributed by atoms with Gasteiger partial charge in [-0.25, -0.2) is 0 Å². The number of nitrogens with one attached hydrogen (secondary N) is 1. The fraction of sp³-hybridized carbons (Fsp3) is 0.357. The zero-order valence-electron chi connectivity index (χ0n) is 10.7. The van der Waals surface area contributed by atoms with E-state index in [1.165, 1.54) is 15.3 Å². The van der Waals surface area contributed by atoms with Crippen molar-refractivity contribution in [2.75, 3.05) is 6.54 Å². The molecule has 0 unspecified atom stereocenters. The quantitative estimate of drug-likeness (QED) is 0.889.